The van der Waals surface area contributed by atoms with Crippen molar-refractivity contribution in [3.63, 3.8) is 0 Å². The highest BCUT2D eigenvalue weighted by Crippen LogP contribution is 2.20. The van der Waals surface area contributed by atoms with Crippen molar-refractivity contribution in [1.29, 1.82) is 0 Å². The zero-order valence-electron chi connectivity index (χ0n) is 12.6. The zero-order chi connectivity index (χ0) is 15.1. The van der Waals surface area contributed by atoms with Gasteiger partial charge < -0.3 is 14.6 Å². The minimum absolute atomic E-state index is 0.234. The lowest BCUT2D eigenvalue weighted by molar-refractivity contribution is 0.108. The maximum Gasteiger partial charge on any atom is 0.119 e. The molecule has 0 saturated carbocycles. The third-order valence-electron chi connectivity index (χ3n) is 3.17. The van der Waals surface area contributed by atoms with Crippen molar-refractivity contribution in [2.75, 3.05) is 13.2 Å². The van der Waals surface area contributed by atoms with Crippen LogP contribution >= 0.6 is 0 Å². The standard InChI is InChI=1S/C18H22O3/c1-3-12-20-16-10-6-15(7-11-16)18(19)13-21-17-8-4-14(2)5-9-17/h4-11,18-19H,3,12-13H2,1-2H3. The van der Waals surface area contributed by atoms with Gasteiger partial charge in [-0.3, -0.25) is 0 Å². The third-order valence-corrected chi connectivity index (χ3v) is 3.17. The van der Waals surface area contributed by atoms with Gasteiger partial charge in [-0.2, -0.15) is 0 Å². The summed E-state index contributed by atoms with van der Waals surface area (Å²) in [5.74, 6) is 1.59. The van der Waals surface area contributed by atoms with Crippen LogP contribution in [0.15, 0.2) is 48.5 Å². The van der Waals surface area contributed by atoms with Crippen LogP contribution in [0, 0.1) is 6.92 Å². The molecular formula is C18H22O3. The topological polar surface area (TPSA) is 38.7 Å². The lowest BCUT2D eigenvalue weighted by Gasteiger charge is -2.13. The molecule has 0 aromatic heterocycles. The van der Waals surface area contributed by atoms with Crippen LogP contribution in [0.2, 0.25) is 0 Å². The van der Waals surface area contributed by atoms with Crippen LogP contribution < -0.4 is 9.47 Å². The van der Waals surface area contributed by atoms with E-state index >= 15 is 0 Å². The van der Waals surface area contributed by atoms with Gasteiger partial charge in [0.1, 0.15) is 24.2 Å². The molecule has 3 heteroatoms. The minimum atomic E-state index is -0.647. The van der Waals surface area contributed by atoms with Gasteiger partial charge in [0.05, 0.1) is 6.61 Å². The molecule has 0 saturated heterocycles. The van der Waals surface area contributed by atoms with Gasteiger partial charge in [-0.1, -0.05) is 36.8 Å². The molecule has 2 aromatic rings. The molecule has 0 bridgehead atoms. The number of aryl methyl sites for hydroxylation is 1. The van der Waals surface area contributed by atoms with Gasteiger partial charge in [0.2, 0.25) is 0 Å². The summed E-state index contributed by atoms with van der Waals surface area (Å²) in [6, 6.07) is 15.3. The minimum Gasteiger partial charge on any atom is -0.494 e. The lowest BCUT2D eigenvalue weighted by atomic mass is 10.1. The quantitative estimate of drug-likeness (QED) is 0.839. The van der Waals surface area contributed by atoms with Gasteiger partial charge in [0.15, 0.2) is 0 Å². The maximum atomic E-state index is 10.1. The second-order valence-corrected chi connectivity index (χ2v) is 5.06. The van der Waals surface area contributed by atoms with Gasteiger partial charge in [-0.25, -0.2) is 0 Å². The zero-order valence-corrected chi connectivity index (χ0v) is 12.6. The van der Waals surface area contributed by atoms with Crippen molar-refractivity contribution in [1.82, 2.24) is 0 Å². The van der Waals surface area contributed by atoms with Crippen LogP contribution in [-0.2, 0) is 0 Å². The Balaban J connectivity index is 1.87. The number of aliphatic hydroxyl groups is 1. The Morgan fingerprint density at radius 1 is 0.905 bits per heavy atom. The summed E-state index contributed by atoms with van der Waals surface area (Å²) in [5, 5.41) is 10.1. The fourth-order valence-electron chi connectivity index (χ4n) is 1.91. The monoisotopic (exact) mass is 286 g/mol. The summed E-state index contributed by atoms with van der Waals surface area (Å²) in [4.78, 5) is 0. The van der Waals surface area contributed by atoms with E-state index in [1.807, 2.05) is 55.5 Å². The summed E-state index contributed by atoms with van der Waals surface area (Å²) < 4.78 is 11.1. The molecule has 0 radical (unpaired) electrons. The van der Waals surface area contributed by atoms with Crippen molar-refractivity contribution in [2.24, 2.45) is 0 Å². The molecule has 2 aromatic carbocycles. The Kier molecular flexibility index (Phi) is 5.64. The first-order valence-electron chi connectivity index (χ1n) is 7.29. The van der Waals surface area contributed by atoms with Crippen molar-refractivity contribution in [3.05, 3.63) is 59.7 Å². The molecule has 0 aliphatic rings. The molecule has 1 unspecified atom stereocenters. The third kappa shape index (κ3) is 4.80. The summed E-state index contributed by atoms with van der Waals surface area (Å²) in [7, 11) is 0. The van der Waals surface area contributed by atoms with E-state index in [4.69, 9.17) is 9.47 Å². The van der Waals surface area contributed by atoms with Crippen molar-refractivity contribution < 1.29 is 14.6 Å². The van der Waals surface area contributed by atoms with E-state index < -0.39 is 6.10 Å². The summed E-state index contributed by atoms with van der Waals surface area (Å²) in [6.45, 7) is 5.04. The molecule has 0 heterocycles. The normalized spacial score (nSPS) is 12.0. The van der Waals surface area contributed by atoms with Crippen molar-refractivity contribution in [3.8, 4) is 11.5 Å². The number of benzene rings is 2. The van der Waals surface area contributed by atoms with Gasteiger partial charge in [-0.15, -0.1) is 0 Å². The average molecular weight is 286 g/mol. The average Bonchev–Trinajstić information content (AvgIpc) is 2.52. The smallest absolute Gasteiger partial charge is 0.119 e. The molecule has 2 rings (SSSR count). The highest BCUT2D eigenvalue weighted by atomic mass is 16.5. The molecule has 0 fully saturated rings. The molecule has 21 heavy (non-hydrogen) atoms. The Bertz CT molecular complexity index is 531. The van der Waals surface area contributed by atoms with Crippen LogP contribution in [0.25, 0.3) is 0 Å². The first-order valence-corrected chi connectivity index (χ1v) is 7.29. The molecule has 0 amide bonds. The van der Waals surface area contributed by atoms with Gasteiger partial charge in [0.25, 0.3) is 0 Å². The first kappa shape index (κ1) is 15.4. The largest absolute Gasteiger partial charge is 0.494 e. The van der Waals surface area contributed by atoms with Crippen LogP contribution in [0.1, 0.15) is 30.6 Å². The highest BCUT2D eigenvalue weighted by molar-refractivity contribution is 5.29. The van der Waals surface area contributed by atoms with E-state index in [9.17, 15) is 5.11 Å². The fourth-order valence-corrected chi connectivity index (χ4v) is 1.91. The lowest BCUT2D eigenvalue weighted by Crippen LogP contribution is -2.09. The Hall–Kier alpha value is -2.00. The summed E-state index contributed by atoms with van der Waals surface area (Å²) in [5.41, 5.74) is 2.01. The number of aliphatic hydroxyl groups excluding tert-OH is 1. The van der Waals surface area contributed by atoms with Crippen LogP contribution in [0.5, 0.6) is 11.5 Å². The number of ether oxygens (including phenoxy) is 2. The second kappa shape index (κ2) is 7.70. The summed E-state index contributed by atoms with van der Waals surface area (Å²) >= 11 is 0. The van der Waals surface area contributed by atoms with E-state index in [0.29, 0.717) is 6.61 Å². The van der Waals surface area contributed by atoms with Gasteiger partial charge >= 0.3 is 0 Å². The van der Waals surface area contributed by atoms with Gasteiger partial charge in [0, 0.05) is 0 Å². The molecule has 1 atom stereocenters. The van der Waals surface area contributed by atoms with Crippen LogP contribution in [0.3, 0.4) is 0 Å². The predicted octanol–water partition coefficient (Wildman–Crippen LogP) is 3.90. The van der Waals surface area contributed by atoms with E-state index in [1.165, 1.54) is 5.56 Å². The predicted molar refractivity (Wildman–Crippen MR) is 83.9 cm³/mol. The maximum absolute atomic E-state index is 10.1. The van der Waals surface area contributed by atoms with E-state index in [-0.39, 0.29) is 6.61 Å². The van der Waals surface area contributed by atoms with E-state index in [2.05, 4.69) is 6.92 Å². The van der Waals surface area contributed by atoms with E-state index in [1.54, 1.807) is 0 Å². The number of hydrogen-bond acceptors (Lipinski definition) is 3. The van der Waals surface area contributed by atoms with Crippen LogP contribution in [0.4, 0.5) is 0 Å². The molecule has 0 aliphatic heterocycles. The molecule has 1 N–H and O–H groups in total. The molecule has 0 spiro atoms. The number of rotatable bonds is 7. The molecule has 0 aliphatic carbocycles. The summed E-state index contributed by atoms with van der Waals surface area (Å²) in [6.07, 6.45) is 0.334. The molecule has 3 nitrogen and oxygen atoms in total. The van der Waals surface area contributed by atoms with Gasteiger partial charge in [-0.05, 0) is 43.2 Å². The van der Waals surface area contributed by atoms with Crippen molar-refractivity contribution in [2.45, 2.75) is 26.4 Å². The Labute approximate surface area is 126 Å². The Morgan fingerprint density at radius 3 is 2.10 bits per heavy atom. The highest BCUT2D eigenvalue weighted by Gasteiger charge is 2.08. The SMILES string of the molecule is CCCOc1ccc(C(O)COc2ccc(C)cc2)cc1. The first-order chi connectivity index (χ1) is 10.2. The van der Waals surface area contributed by atoms with E-state index in [0.717, 1.165) is 23.5 Å². The molecule has 112 valence electrons. The Morgan fingerprint density at radius 2 is 1.48 bits per heavy atom. The van der Waals surface area contributed by atoms with Crippen molar-refractivity contribution >= 4 is 0 Å². The second-order valence-electron chi connectivity index (χ2n) is 5.06. The van der Waals surface area contributed by atoms with Crippen LogP contribution in [-0.4, -0.2) is 18.3 Å². The number of hydrogen-bond donors (Lipinski definition) is 1. The molecular weight excluding hydrogens is 264 g/mol. The fraction of sp³-hybridized carbons (Fsp3) is 0.333.